The lowest BCUT2D eigenvalue weighted by Gasteiger charge is -1.96. The predicted molar refractivity (Wildman–Crippen MR) is 27.4 cm³/mol. The Kier molecular flexibility index (Phi) is 6.78. The van der Waals surface area contributed by atoms with Crippen LogP contribution in [0.5, 0.6) is 0 Å². The highest BCUT2D eigenvalue weighted by atomic mass is 17.2. The van der Waals surface area contributed by atoms with Crippen molar-refractivity contribution in [1.29, 1.82) is 0 Å². The molecule has 0 fully saturated rings. The maximum absolute atomic E-state index is 9.68. The summed E-state index contributed by atoms with van der Waals surface area (Å²) in [7, 11) is 0. The van der Waals surface area contributed by atoms with Gasteiger partial charge in [-0.15, -0.1) is 0 Å². The lowest BCUT2D eigenvalue weighted by atomic mass is 10.5. The zero-order valence-electron chi connectivity index (χ0n) is 4.92. The molecule has 0 rings (SSSR count). The van der Waals surface area contributed by atoms with Gasteiger partial charge in [-0.3, -0.25) is 0 Å². The second-order valence-corrected chi connectivity index (χ2v) is 1.22. The molecule has 0 unspecified atom stereocenters. The van der Waals surface area contributed by atoms with E-state index in [2.05, 4.69) is 9.78 Å². The molecule has 3 heteroatoms. The Balaban J connectivity index is 2.53. The average molecular weight is 118 g/mol. The van der Waals surface area contributed by atoms with Crippen molar-refractivity contribution in [2.75, 3.05) is 19.8 Å². The van der Waals surface area contributed by atoms with Crippen molar-refractivity contribution in [3.63, 3.8) is 0 Å². The highest BCUT2D eigenvalue weighted by Crippen LogP contribution is 1.79. The minimum Gasteiger partial charge on any atom is -0.236 e. The fourth-order valence-electron chi connectivity index (χ4n) is 0.209. The largest absolute Gasteiger partial charge is 0.236 e. The zero-order chi connectivity index (χ0) is 6.24. The molecule has 0 N–H and O–H groups in total. The van der Waals surface area contributed by atoms with Gasteiger partial charge in [0.25, 0.3) is 0 Å². The summed E-state index contributed by atoms with van der Waals surface area (Å²) in [6.07, 6.45) is 1.80. The Morgan fingerprint density at radius 2 is 2.25 bits per heavy atom. The third-order valence-corrected chi connectivity index (χ3v) is 0.485. The van der Waals surface area contributed by atoms with Gasteiger partial charge in [0.05, 0.1) is 6.61 Å². The highest BCUT2D eigenvalue weighted by Gasteiger charge is 1.83. The quantitative estimate of drug-likeness (QED) is 0.301. The van der Waals surface area contributed by atoms with E-state index in [4.69, 9.17) is 0 Å². The topological polar surface area (TPSA) is 38.4 Å². The van der Waals surface area contributed by atoms with E-state index in [9.17, 15) is 5.11 Å². The second-order valence-electron chi connectivity index (χ2n) is 1.22. The van der Waals surface area contributed by atoms with Gasteiger partial charge in [-0.05, 0) is 6.42 Å². The van der Waals surface area contributed by atoms with Crippen LogP contribution in [-0.4, -0.2) is 19.8 Å². The van der Waals surface area contributed by atoms with Crippen LogP contribution < -0.4 is 0 Å². The van der Waals surface area contributed by atoms with E-state index in [1.54, 1.807) is 6.42 Å². The van der Waals surface area contributed by atoms with E-state index in [0.717, 1.165) is 0 Å². The second kappa shape index (κ2) is 6.88. The van der Waals surface area contributed by atoms with E-state index >= 15 is 0 Å². The van der Waals surface area contributed by atoms with Gasteiger partial charge in [0.15, 0.2) is 0 Å². The molecule has 0 aliphatic carbocycles. The first-order chi connectivity index (χ1) is 3.91. The Labute approximate surface area is 49.1 Å². The van der Waals surface area contributed by atoms with Crippen molar-refractivity contribution in [3.8, 4) is 0 Å². The van der Waals surface area contributed by atoms with Crippen molar-refractivity contribution in [1.82, 2.24) is 0 Å². The zero-order valence-corrected chi connectivity index (χ0v) is 4.92. The van der Waals surface area contributed by atoms with Crippen LogP contribution in [0.2, 0.25) is 0 Å². The number of rotatable bonds is 5. The molecule has 0 saturated carbocycles. The third kappa shape index (κ3) is 5.88. The maximum Gasteiger partial charge on any atom is 0.109 e. The minimum atomic E-state index is -0.246. The molecule has 0 bridgehead atoms. The molecule has 0 aromatic carbocycles. The SMILES string of the molecule is C[CH]COOCC[O]. The Bertz CT molecular complexity index is 32.7. The van der Waals surface area contributed by atoms with Crippen LogP contribution in [0.3, 0.4) is 0 Å². The van der Waals surface area contributed by atoms with Crippen LogP contribution >= 0.6 is 0 Å². The van der Waals surface area contributed by atoms with Crippen molar-refractivity contribution in [2.45, 2.75) is 6.92 Å². The fraction of sp³-hybridized carbons (Fsp3) is 0.800. The molecule has 0 saturated heterocycles. The van der Waals surface area contributed by atoms with Crippen LogP contribution in [0.25, 0.3) is 0 Å². The minimum absolute atomic E-state index is 0.133. The van der Waals surface area contributed by atoms with E-state index < -0.39 is 0 Å². The monoisotopic (exact) mass is 118 g/mol. The molecule has 48 valence electrons. The first-order valence-electron chi connectivity index (χ1n) is 2.52. The smallest absolute Gasteiger partial charge is 0.109 e. The van der Waals surface area contributed by atoms with Crippen LogP contribution in [0.1, 0.15) is 6.92 Å². The van der Waals surface area contributed by atoms with Crippen molar-refractivity contribution in [2.24, 2.45) is 0 Å². The molecule has 2 radical (unpaired) electrons. The summed E-state index contributed by atoms with van der Waals surface area (Å²) in [5, 5.41) is 9.68. The first kappa shape index (κ1) is 7.88. The summed E-state index contributed by atoms with van der Waals surface area (Å²) in [4.78, 5) is 8.85. The van der Waals surface area contributed by atoms with Gasteiger partial charge in [-0.2, -0.15) is 0 Å². The van der Waals surface area contributed by atoms with E-state index in [1.165, 1.54) is 0 Å². The molecule has 3 nitrogen and oxygen atoms in total. The Hall–Kier alpha value is -0.120. The molecule has 0 aliphatic heterocycles. The third-order valence-electron chi connectivity index (χ3n) is 0.485. The Morgan fingerprint density at radius 3 is 2.75 bits per heavy atom. The summed E-state index contributed by atoms with van der Waals surface area (Å²) in [6.45, 7) is 2.18. The van der Waals surface area contributed by atoms with Crippen LogP contribution in [0, 0.1) is 6.42 Å². The number of hydrogen-bond acceptors (Lipinski definition) is 2. The van der Waals surface area contributed by atoms with Crippen molar-refractivity contribution in [3.05, 3.63) is 6.42 Å². The normalized spacial score (nSPS) is 9.75. The fourth-order valence-corrected chi connectivity index (χ4v) is 0.209. The van der Waals surface area contributed by atoms with E-state index in [0.29, 0.717) is 6.61 Å². The average Bonchev–Trinajstić information content (AvgIpc) is 1.81. The summed E-state index contributed by atoms with van der Waals surface area (Å²) in [5.74, 6) is 0. The summed E-state index contributed by atoms with van der Waals surface area (Å²) in [5.41, 5.74) is 0. The molecule has 0 aromatic rings. The van der Waals surface area contributed by atoms with Crippen LogP contribution in [0.4, 0.5) is 0 Å². The summed E-state index contributed by atoms with van der Waals surface area (Å²) >= 11 is 0. The van der Waals surface area contributed by atoms with Gasteiger partial charge in [0.1, 0.15) is 13.2 Å². The van der Waals surface area contributed by atoms with E-state index in [-0.39, 0.29) is 13.2 Å². The molecular weight excluding hydrogens is 108 g/mol. The van der Waals surface area contributed by atoms with E-state index in [1.807, 2.05) is 6.92 Å². The molecule has 0 atom stereocenters. The standard InChI is InChI=1S/C5H10O3/c1-2-4-7-8-5-3-6/h2H,3-5H2,1H3. The molecule has 8 heavy (non-hydrogen) atoms. The first-order valence-corrected chi connectivity index (χ1v) is 2.52. The van der Waals surface area contributed by atoms with Crippen molar-refractivity contribution >= 4 is 0 Å². The maximum atomic E-state index is 9.68. The van der Waals surface area contributed by atoms with Crippen molar-refractivity contribution < 1.29 is 14.9 Å². The van der Waals surface area contributed by atoms with Gasteiger partial charge in [-0.1, -0.05) is 6.92 Å². The molecule has 0 aromatic heterocycles. The van der Waals surface area contributed by atoms with Crippen LogP contribution in [-0.2, 0) is 14.9 Å². The Morgan fingerprint density at radius 1 is 1.50 bits per heavy atom. The molecule has 0 heterocycles. The predicted octanol–water partition coefficient (Wildman–Crippen LogP) is 0.589. The summed E-state index contributed by atoms with van der Waals surface area (Å²) < 4.78 is 0. The lowest BCUT2D eigenvalue weighted by Crippen LogP contribution is -2.00. The van der Waals surface area contributed by atoms with Gasteiger partial charge in [-0.25, -0.2) is 14.9 Å². The highest BCUT2D eigenvalue weighted by molar-refractivity contribution is 4.47. The molecule has 0 spiro atoms. The van der Waals surface area contributed by atoms with Crippen LogP contribution in [0.15, 0.2) is 0 Å². The van der Waals surface area contributed by atoms with Gasteiger partial charge < -0.3 is 0 Å². The van der Waals surface area contributed by atoms with Gasteiger partial charge >= 0.3 is 0 Å². The lowest BCUT2D eigenvalue weighted by molar-refractivity contribution is -0.293. The van der Waals surface area contributed by atoms with Gasteiger partial charge in [0.2, 0.25) is 0 Å². The number of hydrogen-bond donors (Lipinski definition) is 0. The molecule has 0 aliphatic rings. The summed E-state index contributed by atoms with van der Waals surface area (Å²) in [6, 6.07) is 0. The molecule has 0 amide bonds. The van der Waals surface area contributed by atoms with Gasteiger partial charge in [0, 0.05) is 0 Å². The molecular formula is C5H10O3.